The minimum atomic E-state index is -0.384. The van der Waals surface area contributed by atoms with Crippen molar-refractivity contribution in [3.8, 4) is 0 Å². The fourth-order valence-electron chi connectivity index (χ4n) is 2.33. The molecule has 1 fully saturated rings. The fraction of sp³-hybridized carbons (Fsp3) is 0.917. The van der Waals surface area contributed by atoms with Crippen LogP contribution in [0.25, 0.3) is 0 Å². The van der Waals surface area contributed by atoms with Gasteiger partial charge in [-0.05, 0) is 25.2 Å². The number of carbonyl (C=O) groups is 1. The van der Waals surface area contributed by atoms with Crippen LogP contribution in [0.4, 0.5) is 0 Å². The van der Waals surface area contributed by atoms with Crippen molar-refractivity contribution < 1.29 is 9.53 Å². The number of amides is 1. The van der Waals surface area contributed by atoms with Gasteiger partial charge in [0, 0.05) is 0 Å². The standard InChI is InChI=1S/C12H23NO2/c1-3-9-6-5-7-10(8-9)15-11(4-2)12(13)14/h9-11H,3-8H2,1-2H3,(H2,13,14). The molecular weight excluding hydrogens is 190 g/mol. The first-order chi connectivity index (χ1) is 7.17. The third kappa shape index (κ3) is 3.82. The molecule has 0 radical (unpaired) electrons. The molecule has 1 rings (SSSR count). The normalized spacial score (nSPS) is 28.7. The van der Waals surface area contributed by atoms with Gasteiger partial charge >= 0.3 is 0 Å². The summed E-state index contributed by atoms with van der Waals surface area (Å²) in [6.07, 6.45) is 6.48. The summed E-state index contributed by atoms with van der Waals surface area (Å²) in [6, 6.07) is 0. The summed E-state index contributed by atoms with van der Waals surface area (Å²) in [4.78, 5) is 11.1. The van der Waals surface area contributed by atoms with Gasteiger partial charge in [-0.1, -0.05) is 33.1 Å². The molecule has 0 aliphatic heterocycles. The first-order valence-electron chi connectivity index (χ1n) is 6.12. The van der Waals surface area contributed by atoms with Gasteiger partial charge in [-0.2, -0.15) is 0 Å². The average Bonchev–Trinajstić information content (AvgIpc) is 2.25. The zero-order chi connectivity index (χ0) is 11.3. The first kappa shape index (κ1) is 12.5. The predicted molar refractivity (Wildman–Crippen MR) is 60.4 cm³/mol. The summed E-state index contributed by atoms with van der Waals surface area (Å²) in [7, 11) is 0. The lowest BCUT2D eigenvalue weighted by Crippen LogP contribution is -2.36. The van der Waals surface area contributed by atoms with Crippen LogP contribution in [-0.4, -0.2) is 18.1 Å². The monoisotopic (exact) mass is 213 g/mol. The van der Waals surface area contributed by atoms with Gasteiger partial charge in [0.1, 0.15) is 6.10 Å². The van der Waals surface area contributed by atoms with E-state index in [1.165, 1.54) is 19.3 Å². The molecule has 0 aromatic rings. The molecule has 0 bridgehead atoms. The van der Waals surface area contributed by atoms with E-state index in [-0.39, 0.29) is 18.1 Å². The number of carbonyl (C=O) groups excluding carboxylic acids is 1. The molecule has 15 heavy (non-hydrogen) atoms. The fourth-order valence-corrected chi connectivity index (χ4v) is 2.33. The van der Waals surface area contributed by atoms with Crippen LogP contribution in [0.5, 0.6) is 0 Å². The zero-order valence-electron chi connectivity index (χ0n) is 9.87. The van der Waals surface area contributed by atoms with Gasteiger partial charge in [-0.3, -0.25) is 4.79 Å². The lowest BCUT2D eigenvalue weighted by atomic mass is 9.85. The van der Waals surface area contributed by atoms with E-state index < -0.39 is 0 Å². The largest absolute Gasteiger partial charge is 0.367 e. The van der Waals surface area contributed by atoms with Crippen molar-refractivity contribution in [2.24, 2.45) is 11.7 Å². The van der Waals surface area contributed by atoms with E-state index in [9.17, 15) is 4.79 Å². The number of rotatable bonds is 5. The Balaban J connectivity index is 2.39. The Morgan fingerprint density at radius 1 is 1.47 bits per heavy atom. The van der Waals surface area contributed by atoms with Crippen molar-refractivity contribution in [2.45, 2.75) is 64.6 Å². The lowest BCUT2D eigenvalue weighted by molar-refractivity contribution is -0.135. The molecule has 0 aromatic heterocycles. The van der Waals surface area contributed by atoms with E-state index in [4.69, 9.17) is 10.5 Å². The number of nitrogens with two attached hydrogens (primary N) is 1. The highest BCUT2D eigenvalue weighted by Gasteiger charge is 2.25. The summed E-state index contributed by atoms with van der Waals surface area (Å²) >= 11 is 0. The molecule has 2 N–H and O–H groups in total. The molecule has 0 heterocycles. The van der Waals surface area contributed by atoms with Crippen LogP contribution < -0.4 is 5.73 Å². The Bertz CT molecular complexity index is 206. The average molecular weight is 213 g/mol. The second-order valence-corrected chi connectivity index (χ2v) is 4.50. The van der Waals surface area contributed by atoms with Crippen molar-refractivity contribution in [1.29, 1.82) is 0 Å². The Labute approximate surface area is 92.4 Å². The molecule has 1 saturated carbocycles. The van der Waals surface area contributed by atoms with E-state index in [1.807, 2.05) is 6.92 Å². The van der Waals surface area contributed by atoms with Crippen molar-refractivity contribution in [1.82, 2.24) is 0 Å². The van der Waals surface area contributed by atoms with Gasteiger partial charge in [-0.25, -0.2) is 0 Å². The van der Waals surface area contributed by atoms with Crippen LogP contribution >= 0.6 is 0 Å². The number of hydrogen-bond donors (Lipinski definition) is 1. The van der Waals surface area contributed by atoms with Crippen LogP contribution in [0, 0.1) is 5.92 Å². The molecule has 3 unspecified atom stereocenters. The van der Waals surface area contributed by atoms with Gasteiger partial charge < -0.3 is 10.5 Å². The summed E-state index contributed by atoms with van der Waals surface area (Å²) in [5, 5.41) is 0. The SMILES string of the molecule is CCC1CCCC(OC(CC)C(N)=O)C1. The maximum Gasteiger partial charge on any atom is 0.246 e. The molecule has 3 atom stereocenters. The molecule has 3 nitrogen and oxygen atoms in total. The third-order valence-corrected chi connectivity index (χ3v) is 3.36. The summed E-state index contributed by atoms with van der Waals surface area (Å²) in [6.45, 7) is 4.16. The number of hydrogen-bond acceptors (Lipinski definition) is 2. The highest BCUT2D eigenvalue weighted by atomic mass is 16.5. The third-order valence-electron chi connectivity index (χ3n) is 3.36. The van der Waals surface area contributed by atoms with Gasteiger partial charge in [0.15, 0.2) is 0 Å². The number of primary amides is 1. The molecule has 1 amide bonds. The first-order valence-corrected chi connectivity index (χ1v) is 6.12. The second kappa shape index (κ2) is 6.11. The minimum absolute atomic E-state index is 0.251. The summed E-state index contributed by atoms with van der Waals surface area (Å²) in [5.41, 5.74) is 5.27. The second-order valence-electron chi connectivity index (χ2n) is 4.50. The molecule has 0 aromatic carbocycles. The predicted octanol–water partition coefficient (Wildman–Crippen LogP) is 2.24. The van der Waals surface area contributed by atoms with Crippen LogP contribution in [0.1, 0.15) is 52.4 Å². The van der Waals surface area contributed by atoms with E-state index in [2.05, 4.69) is 6.92 Å². The Kier molecular flexibility index (Phi) is 5.09. The number of ether oxygens (including phenoxy) is 1. The molecular formula is C12H23NO2. The van der Waals surface area contributed by atoms with Crippen molar-refractivity contribution in [3.63, 3.8) is 0 Å². The van der Waals surface area contributed by atoms with E-state index in [0.717, 1.165) is 18.8 Å². The Morgan fingerprint density at radius 2 is 2.20 bits per heavy atom. The van der Waals surface area contributed by atoms with E-state index in [0.29, 0.717) is 6.42 Å². The summed E-state index contributed by atoms with van der Waals surface area (Å²) in [5.74, 6) is 0.449. The highest BCUT2D eigenvalue weighted by molar-refractivity contribution is 5.78. The van der Waals surface area contributed by atoms with Crippen LogP contribution in [0.3, 0.4) is 0 Å². The van der Waals surface area contributed by atoms with E-state index >= 15 is 0 Å². The Morgan fingerprint density at radius 3 is 2.73 bits per heavy atom. The lowest BCUT2D eigenvalue weighted by Gasteiger charge is -2.30. The maximum atomic E-state index is 11.1. The van der Waals surface area contributed by atoms with Crippen molar-refractivity contribution >= 4 is 5.91 Å². The molecule has 1 aliphatic carbocycles. The van der Waals surface area contributed by atoms with Gasteiger partial charge in [0.25, 0.3) is 0 Å². The maximum absolute atomic E-state index is 11.1. The zero-order valence-corrected chi connectivity index (χ0v) is 9.87. The van der Waals surface area contributed by atoms with Crippen LogP contribution in [0.2, 0.25) is 0 Å². The molecule has 0 spiro atoms. The molecule has 3 heteroatoms. The Hall–Kier alpha value is -0.570. The smallest absolute Gasteiger partial charge is 0.246 e. The summed E-state index contributed by atoms with van der Waals surface area (Å²) < 4.78 is 5.76. The molecule has 88 valence electrons. The molecule has 0 saturated heterocycles. The van der Waals surface area contributed by atoms with E-state index in [1.54, 1.807) is 0 Å². The minimum Gasteiger partial charge on any atom is -0.367 e. The quantitative estimate of drug-likeness (QED) is 0.761. The van der Waals surface area contributed by atoms with Gasteiger partial charge in [-0.15, -0.1) is 0 Å². The highest BCUT2D eigenvalue weighted by Crippen LogP contribution is 2.29. The van der Waals surface area contributed by atoms with Gasteiger partial charge in [0.2, 0.25) is 5.91 Å². The van der Waals surface area contributed by atoms with Gasteiger partial charge in [0.05, 0.1) is 6.10 Å². The topological polar surface area (TPSA) is 52.3 Å². The van der Waals surface area contributed by atoms with Crippen molar-refractivity contribution in [3.05, 3.63) is 0 Å². The molecule has 1 aliphatic rings. The van der Waals surface area contributed by atoms with Crippen LogP contribution in [-0.2, 0) is 9.53 Å². The van der Waals surface area contributed by atoms with Crippen molar-refractivity contribution in [2.75, 3.05) is 0 Å². The van der Waals surface area contributed by atoms with Crippen LogP contribution in [0.15, 0.2) is 0 Å².